The fourth-order valence-electron chi connectivity index (χ4n) is 2.61. The number of ether oxygens (including phenoxy) is 1. The fourth-order valence-corrected chi connectivity index (χ4v) is 2.61. The molecule has 2 heterocycles. The van der Waals surface area contributed by atoms with Crippen molar-refractivity contribution in [3.8, 4) is 0 Å². The third-order valence-corrected chi connectivity index (χ3v) is 3.71. The van der Waals surface area contributed by atoms with Gasteiger partial charge >= 0.3 is 11.7 Å². The Hall–Kier alpha value is -2.05. The van der Waals surface area contributed by atoms with Gasteiger partial charge in [0.1, 0.15) is 23.9 Å². The van der Waals surface area contributed by atoms with Crippen molar-refractivity contribution in [1.82, 2.24) is 14.9 Å². The molecular weight excluding hydrogens is 314 g/mol. The Bertz CT molecular complexity index is 713. The average Bonchev–Trinajstić information content (AvgIpc) is 2.72. The number of carboxylic acid groups (broad SMARTS) is 1. The maximum absolute atomic E-state index is 12.1. The lowest BCUT2D eigenvalue weighted by molar-refractivity contribution is -0.147. The van der Waals surface area contributed by atoms with Crippen molar-refractivity contribution in [1.29, 1.82) is 0 Å². The second kappa shape index (κ2) is 6.22. The average molecular weight is 331 g/mol. The number of aromatic nitrogens is 2. The molecule has 0 radical (unpaired) electrons. The highest BCUT2D eigenvalue weighted by Crippen LogP contribution is 2.34. The molecule has 1 saturated heterocycles. The van der Waals surface area contributed by atoms with Crippen LogP contribution in [0.1, 0.15) is 10.4 Å². The van der Waals surface area contributed by atoms with Gasteiger partial charge in [-0.15, -0.1) is 0 Å². The van der Waals surface area contributed by atoms with E-state index in [1.165, 1.54) is 7.05 Å². The van der Waals surface area contributed by atoms with Crippen molar-refractivity contribution in [2.45, 2.75) is 24.0 Å². The van der Waals surface area contributed by atoms with Gasteiger partial charge in [-0.3, -0.25) is 14.3 Å². The summed E-state index contributed by atoms with van der Waals surface area (Å²) in [5, 5.41) is 41.1. The number of aromatic carboxylic acids is 1. The molecule has 1 aliphatic rings. The Kier molecular flexibility index (Phi) is 4.68. The van der Waals surface area contributed by atoms with Crippen molar-refractivity contribution < 1.29 is 30.0 Å². The van der Waals surface area contributed by atoms with E-state index < -0.39 is 53.4 Å². The minimum absolute atomic E-state index is 0.202. The summed E-state index contributed by atoms with van der Waals surface area (Å²) in [6.07, 6.45) is -3.63. The van der Waals surface area contributed by atoms with E-state index in [9.17, 15) is 29.7 Å². The van der Waals surface area contributed by atoms with Gasteiger partial charge < -0.3 is 30.5 Å². The van der Waals surface area contributed by atoms with Crippen LogP contribution < -0.4 is 16.6 Å². The Labute approximate surface area is 128 Å². The minimum Gasteiger partial charge on any atom is -0.477 e. The molecule has 23 heavy (non-hydrogen) atoms. The normalized spacial score (nSPS) is 30.5. The quantitative estimate of drug-likeness (QED) is 0.316. The molecule has 0 spiro atoms. The lowest BCUT2D eigenvalue weighted by Gasteiger charge is -2.33. The summed E-state index contributed by atoms with van der Waals surface area (Å²) in [6.45, 7) is -0.833. The number of carbonyl (C=O) groups is 1. The molecule has 4 atom stereocenters. The number of nitrogens with one attached hydrogen (secondary N) is 2. The Morgan fingerprint density at radius 2 is 2.13 bits per heavy atom. The molecule has 1 aromatic rings. The zero-order valence-electron chi connectivity index (χ0n) is 12.1. The SMILES string of the molecule is CNC[C@@]1(n2cc(C(=O)O)c(=O)[nH]c2=O)O[C@H](CO)[C@@H](O)[C@H]1O. The lowest BCUT2D eigenvalue weighted by Crippen LogP contribution is -2.56. The summed E-state index contributed by atoms with van der Waals surface area (Å²) >= 11 is 0. The topological polar surface area (TPSA) is 174 Å². The van der Waals surface area contributed by atoms with E-state index in [1.54, 1.807) is 0 Å². The van der Waals surface area contributed by atoms with Crippen LogP contribution >= 0.6 is 0 Å². The molecule has 6 N–H and O–H groups in total. The molecule has 11 nitrogen and oxygen atoms in total. The van der Waals surface area contributed by atoms with Crippen molar-refractivity contribution in [3.05, 3.63) is 32.6 Å². The lowest BCUT2D eigenvalue weighted by atomic mass is 10.0. The summed E-state index contributed by atoms with van der Waals surface area (Å²) in [6, 6.07) is 0. The first-order valence-corrected chi connectivity index (χ1v) is 6.67. The number of carboxylic acids is 1. The second-order valence-corrected chi connectivity index (χ2v) is 5.13. The number of hydrogen-bond donors (Lipinski definition) is 6. The van der Waals surface area contributed by atoms with E-state index >= 15 is 0 Å². The van der Waals surface area contributed by atoms with Crippen LogP contribution in [0.15, 0.2) is 15.8 Å². The summed E-state index contributed by atoms with van der Waals surface area (Å²) in [7, 11) is 1.48. The van der Waals surface area contributed by atoms with E-state index in [0.29, 0.717) is 4.57 Å². The largest absolute Gasteiger partial charge is 0.477 e. The summed E-state index contributed by atoms with van der Waals surface area (Å²) in [5.74, 6) is -1.58. The second-order valence-electron chi connectivity index (χ2n) is 5.13. The van der Waals surface area contributed by atoms with E-state index in [2.05, 4.69) is 5.32 Å². The number of nitrogens with zero attached hydrogens (tertiary/aromatic N) is 1. The van der Waals surface area contributed by atoms with Crippen molar-refractivity contribution in [3.63, 3.8) is 0 Å². The molecule has 0 unspecified atom stereocenters. The third kappa shape index (κ3) is 2.68. The van der Waals surface area contributed by atoms with Crippen molar-refractivity contribution >= 4 is 5.97 Å². The molecule has 0 aliphatic carbocycles. The first-order valence-electron chi connectivity index (χ1n) is 6.67. The van der Waals surface area contributed by atoms with Crippen LogP contribution in [0.5, 0.6) is 0 Å². The van der Waals surface area contributed by atoms with Gasteiger partial charge in [0, 0.05) is 12.7 Å². The smallest absolute Gasteiger partial charge is 0.342 e. The van der Waals surface area contributed by atoms with Gasteiger partial charge in [-0.2, -0.15) is 0 Å². The molecule has 1 aliphatic heterocycles. The van der Waals surface area contributed by atoms with Gasteiger partial charge in [0.25, 0.3) is 5.56 Å². The number of aliphatic hydroxyl groups excluding tert-OH is 3. The fraction of sp³-hybridized carbons (Fsp3) is 0.583. The molecule has 0 saturated carbocycles. The molecule has 0 aromatic carbocycles. The van der Waals surface area contributed by atoms with Crippen LogP contribution in [0.25, 0.3) is 0 Å². The maximum atomic E-state index is 12.1. The van der Waals surface area contributed by atoms with E-state index in [4.69, 9.17) is 9.84 Å². The van der Waals surface area contributed by atoms with E-state index in [-0.39, 0.29) is 6.54 Å². The van der Waals surface area contributed by atoms with Gasteiger partial charge in [0.15, 0.2) is 5.72 Å². The Balaban J connectivity index is 2.68. The number of rotatable bonds is 5. The van der Waals surface area contributed by atoms with E-state index in [1.807, 2.05) is 4.98 Å². The third-order valence-electron chi connectivity index (χ3n) is 3.71. The van der Waals surface area contributed by atoms with E-state index in [0.717, 1.165) is 6.20 Å². The van der Waals surface area contributed by atoms with Crippen LogP contribution in [-0.2, 0) is 10.5 Å². The number of aliphatic hydroxyl groups is 3. The summed E-state index contributed by atoms with van der Waals surface area (Å²) in [4.78, 5) is 36.5. The van der Waals surface area contributed by atoms with Gasteiger partial charge in [0.2, 0.25) is 0 Å². The molecule has 0 bridgehead atoms. The number of hydrogen-bond acceptors (Lipinski definition) is 8. The van der Waals surface area contributed by atoms with Crippen LogP contribution in [0.4, 0.5) is 0 Å². The monoisotopic (exact) mass is 331 g/mol. The Morgan fingerprint density at radius 1 is 1.48 bits per heavy atom. The van der Waals surface area contributed by atoms with Crippen LogP contribution in [-0.4, -0.2) is 74.5 Å². The first-order chi connectivity index (χ1) is 10.8. The molecule has 2 rings (SSSR count). The van der Waals surface area contributed by atoms with Crippen molar-refractivity contribution in [2.75, 3.05) is 20.2 Å². The van der Waals surface area contributed by atoms with Crippen LogP contribution in [0, 0.1) is 0 Å². The van der Waals surface area contributed by atoms with Crippen molar-refractivity contribution in [2.24, 2.45) is 0 Å². The highest BCUT2D eigenvalue weighted by Gasteiger charge is 2.55. The molecule has 11 heteroatoms. The number of likely N-dealkylation sites (N-methyl/N-ethyl adjacent to an activating group) is 1. The molecular formula is C12H17N3O8. The van der Waals surface area contributed by atoms with Gasteiger partial charge in [-0.25, -0.2) is 9.59 Å². The zero-order valence-corrected chi connectivity index (χ0v) is 12.1. The van der Waals surface area contributed by atoms with Crippen LogP contribution in [0.2, 0.25) is 0 Å². The molecule has 0 amide bonds. The predicted molar refractivity (Wildman–Crippen MR) is 74.2 cm³/mol. The highest BCUT2D eigenvalue weighted by atomic mass is 16.6. The summed E-state index contributed by atoms with van der Waals surface area (Å²) in [5.41, 5.74) is -4.77. The number of aromatic amines is 1. The Morgan fingerprint density at radius 3 is 2.61 bits per heavy atom. The van der Waals surface area contributed by atoms with Crippen LogP contribution in [0.3, 0.4) is 0 Å². The molecule has 1 fully saturated rings. The first kappa shape index (κ1) is 17.3. The molecule has 128 valence electrons. The molecule has 1 aromatic heterocycles. The predicted octanol–water partition coefficient (Wildman–Crippen LogP) is -3.78. The standard InChI is InChI=1S/C12H17N3O8/c1-13-4-12(8(18)7(17)6(3-16)23-12)15-2-5(10(20)21)9(19)14-11(15)22/h2,6-8,13,16-18H,3-4H2,1H3,(H,20,21)(H,14,19,22)/t6-,7-,8-,12-/m1/s1. The number of H-pyrrole nitrogens is 1. The summed E-state index contributed by atoms with van der Waals surface area (Å²) < 4.78 is 6.13. The maximum Gasteiger partial charge on any atom is 0.342 e. The zero-order chi connectivity index (χ0) is 17.4. The van der Waals surface area contributed by atoms with Gasteiger partial charge in [-0.05, 0) is 7.05 Å². The van der Waals surface area contributed by atoms with Gasteiger partial charge in [-0.1, -0.05) is 0 Å². The minimum atomic E-state index is -1.90. The van der Waals surface area contributed by atoms with Gasteiger partial charge in [0.05, 0.1) is 6.61 Å². The highest BCUT2D eigenvalue weighted by molar-refractivity contribution is 5.86.